The molecule has 1 N–H and O–H groups in total. The first-order valence-electron chi connectivity index (χ1n) is 5.36. The summed E-state index contributed by atoms with van der Waals surface area (Å²) in [4.78, 5) is 15.0. The number of benzene rings is 1. The summed E-state index contributed by atoms with van der Waals surface area (Å²) < 4.78 is 5.11. The van der Waals surface area contributed by atoms with Gasteiger partial charge in [-0.1, -0.05) is 17.3 Å². The Labute approximate surface area is 108 Å². The number of hydrogen-bond acceptors (Lipinski definition) is 5. The van der Waals surface area contributed by atoms with Crippen LogP contribution in [-0.2, 0) is 6.42 Å². The van der Waals surface area contributed by atoms with Gasteiger partial charge in [-0.05, 0) is 18.4 Å². The van der Waals surface area contributed by atoms with Gasteiger partial charge in [0.05, 0.1) is 5.56 Å². The highest BCUT2D eigenvalue weighted by atomic mass is 32.2. The van der Waals surface area contributed by atoms with E-state index in [2.05, 4.69) is 10.1 Å². The van der Waals surface area contributed by atoms with Crippen molar-refractivity contribution in [2.24, 2.45) is 0 Å². The molecule has 0 atom stereocenters. The maximum Gasteiger partial charge on any atom is 0.335 e. The predicted molar refractivity (Wildman–Crippen MR) is 68.8 cm³/mol. The lowest BCUT2D eigenvalue weighted by atomic mass is 10.1. The van der Waals surface area contributed by atoms with E-state index in [4.69, 9.17) is 9.63 Å². The lowest BCUT2D eigenvalue weighted by Gasteiger charge is -1.95. The standard InChI is InChI=1S/C12H12N2O3S/c1-18-7-6-10-13-11(14-17-10)8-2-4-9(5-3-8)12(15)16/h2-5H,6-7H2,1H3,(H,15,16). The minimum absolute atomic E-state index is 0.241. The fourth-order valence-corrected chi connectivity index (χ4v) is 1.80. The molecule has 0 unspecified atom stereocenters. The van der Waals surface area contributed by atoms with Crippen LogP contribution in [0.25, 0.3) is 11.4 Å². The van der Waals surface area contributed by atoms with Crippen LogP contribution in [0.15, 0.2) is 28.8 Å². The quantitative estimate of drug-likeness (QED) is 0.893. The van der Waals surface area contributed by atoms with Crippen molar-refractivity contribution in [3.05, 3.63) is 35.7 Å². The fourth-order valence-electron chi connectivity index (χ4n) is 1.42. The van der Waals surface area contributed by atoms with Gasteiger partial charge >= 0.3 is 5.97 Å². The SMILES string of the molecule is CSCCc1nc(-c2ccc(C(=O)O)cc2)no1. The number of carboxylic acids is 1. The number of thioether (sulfide) groups is 1. The van der Waals surface area contributed by atoms with Gasteiger partial charge in [-0.3, -0.25) is 0 Å². The Bertz CT molecular complexity index is 537. The van der Waals surface area contributed by atoms with E-state index in [1.54, 1.807) is 23.9 Å². The summed E-state index contributed by atoms with van der Waals surface area (Å²) in [5.74, 6) is 1.07. The summed E-state index contributed by atoms with van der Waals surface area (Å²) in [5, 5.41) is 12.7. The number of carbonyl (C=O) groups is 1. The van der Waals surface area contributed by atoms with Gasteiger partial charge in [0.15, 0.2) is 0 Å². The smallest absolute Gasteiger partial charge is 0.335 e. The van der Waals surface area contributed by atoms with Gasteiger partial charge in [0, 0.05) is 17.7 Å². The first-order valence-corrected chi connectivity index (χ1v) is 6.75. The van der Waals surface area contributed by atoms with Crippen LogP contribution in [-0.4, -0.2) is 33.2 Å². The lowest BCUT2D eigenvalue weighted by Crippen LogP contribution is -1.95. The Kier molecular flexibility index (Phi) is 3.99. The van der Waals surface area contributed by atoms with Crippen LogP contribution < -0.4 is 0 Å². The summed E-state index contributed by atoms with van der Waals surface area (Å²) in [6.07, 6.45) is 2.75. The second kappa shape index (κ2) is 5.68. The molecule has 18 heavy (non-hydrogen) atoms. The highest BCUT2D eigenvalue weighted by molar-refractivity contribution is 7.98. The molecular weight excluding hydrogens is 252 g/mol. The van der Waals surface area contributed by atoms with E-state index in [1.165, 1.54) is 12.1 Å². The van der Waals surface area contributed by atoms with E-state index in [9.17, 15) is 4.79 Å². The van der Waals surface area contributed by atoms with Crippen LogP contribution in [0.3, 0.4) is 0 Å². The van der Waals surface area contributed by atoms with Gasteiger partial charge < -0.3 is 9.63 Å². The van der Waals surface area contributed by atoms with Gasteiger partial charge in [-0.2, -0.15) is 16.7 Å². The number of nitrogens with zero attached hydrogens (tertiary/aromatic N) is 2. The molecule has 5 nitrogen and oxygen atoms in total. The molecular formula is C12H12N2O3S. The van der Waals surface area contributed by atoms with Crippen molar-refractivity contribution in [1.29, 1.82) is 0 Å². The molecule has 0 saturated heterocycles. The molecule has 0 fully saturated rings. The normalized spacial score (nSPS) is 10.5. The molecule has 1 aromatic carbocycles. The molecule has 6 heteroatoms. The number of carboxylic acid groups (broad SMARTS) is 1. The zero-order valence-electron chi connectivity index (χ0n) is 9.79. The van der Waals surface area contributed by atoms with Crippen LogP contribution in [0.5, 0.6) is 0 Å². The largest absolute Gasteiger partial charge is 0.478 e. The lowest BCUT2D eigenvalue weighted by molar-refractivity contribution is 0.0697. The summed E-state index contributed by atoms with van der Waals surface area (Å²) in [7, 11) is 0. The predicted octanol–water partition coefficient (Wildman–Crippen LogP) is 2.34. The number of aromatic carboxylic acids is 1. The van der Waals surface area contributed by atoms with Crippen LogP contribution in [0, 0.1) is 0 Å². The summed E-state index contributed by atoms with van der Waals surface area (Å²) >= 11 is 1.71. The van der Waals surface area contributed by atoms with Crippen molar-refractivity contribution in [2.75, 3.05) is 12.0 Å². The van der Waals surface area contributed by atoms with Crippen molar-refractivity contribution < 1.29 is 14.4 Å². The molecule has 0 saturated carbocycles. The number of hydrogen-bond donors (Lipinski definition) is 1. The van der Waals surface area contributed by atoms with E-state index in [1.807, 2.05) is 6.26 Å². The Morgan fingerprint density at radius 1 is 1.39 bits per heavy atom. The first kappa shape index (κ1) is 12.6. The zero-order chi connectivity index (χ0) is 13.0. The number of aromatic nitrogens is 2. The second-order valence-corrected chi connectivity index (χ2v) is 4.62. The number of rotatable bonds is 5. The van der Waals surface area contributed by atoms with Gasteiger partial charge in [0.1, 0.15) is 0 Å². The molecule has 0 aliphatic carbocycles. The van der Waals surface area contributed by atoms with Gasteiger partial charge in [0.2, 0.25) is 11.7 Å². The molecule has 0 spiro atoms. The first-order chi connectivity index (χ1) is 8.70. The molecule has 94 valence electrons. The Morgan fingerprint density at radius 2 is 2.11 bits per heavy atom. The summed E-state index contributed by atoms with van der Waals surface area (Å²) in [6.45, 7) is 0. The molecule has 0 aliphatic rings. The van der Waals surface area contributed by atoms with Crippen LogP contribution in [0.2, 0.25) is 0 Å². The highest BCUT2D eigenvalue weighted by Gasteiger charge is 2.09. The second-order valence-electron chi connectivity index (χ2n) is 3.64. The van der Waals surface area contributed by atoms with E-state index in [0.29, 0.717) is 11.7 Å². The third kappa shape index (κ3) is 2.89. The third-order valence-electron chi connectivity index (χ3n) is 2.38. The van der Waals surface area contributed by atoms with Crippen molar-refractivity contribution in [2.45, 2.75) is 6.42 Å². The highest BCUT2D eigenvalue weighted by Crippen LogP contribution is 2.17. The van der Waals surface area contributed by atoms with Crippen molar-refractivity contribution in [3.63, 3.8) is 0 Å². The molecule has 0 bridgehead atoms. The van der Waals surface area contributed by atoms with Gasteiger partial charge in [-0.25, -0.2) is 4.79 Å². The van der Waals surface area contributed by atoms with Crippen LogP contribution >= 0.6 is 11.8 Å². The third-order valence-corrected chi connectivity index (χ3v) is 2.99. The van der Waals surface area contributed by atoms with Crippen molar-refractivity contribution >= 4 is 17.7 Å². The van der Waals surface area contributed by atoms with E-state index in [-0.39, 0.29) is 5.56 Å². The molecule has 0 aliphatic heterocycles. The van der Waals surface area contributed by atoms with Gasteiger partial charge in [0.25, 0.3) is 0 Å². The van der Waals surface area contributed by atoms with Gasteiger partial charge in [-0.15, -0.1) is 0 Å². The molecule has 0 radical (unpaired) electrons. The Balaban J connectivity index is 2.15. The topological polar surface area (TPSA) is 76.2 Å². The molecule has 2 rings (SSSR count). The Hall–Kier alpha value is -1.82. The average Bonchev–Trinajstić information content (AvgIpc) is 2.85. The maximum atomic E-state index is 10.7. The van der Waals surface area contributed by atoms with Crippen LogP contribution in [0.1, 0.15) is 16.2 Å². The van der Waals surface area contributed by atoms with E-state index < -0.39 is 5.97 Å². The Morgan fingerprint density at radius 3 is 2.72 bits per heavy atom. The summed E-state index contributed by atoms with van der Waals surface area (Å²) in [5.41, 5.74) is 0.990. The average molecular weight is 264 g/mol. The zero-order valence-corrected chi connectivity index (χ0v) is 10.6. The minimum Gasteiger partial charge on any atom is -0.478 e. The maximum absolute atomic E-state index is 10.7. The molecule has 1 aromatic heterocycles. The molecule has 2 aromatic rings. The number of aryl methyl sites for hydroxylation is 1. The van der Waals surface area contributed by atoms with E-state index in [0.717, 1.165) is 17.7 Å². The van der Waals surface area contributed by atoms with Crippen molar-refractivity contribution in [3.8, 4) is 11.4 Å². The molecule has 0 amide bonds. The van der Waals surface area contributed by atoms with Crippen LogP contribution in [0.4, 0.5) is 0 Å². The monoisotopic (exact) mass is 264 g/mol. The molecule has 1 heterocycles. The van der Waals surface area contributed by atoms with Crippen molar-refractivity contribution in [1.82, 2.24) is 10.1 Å². The summed E-state index contributed by atoms with van der Waals surface area (Å²) in [6, 6.07) is 6.39. The fraction of sp³-hybridized carbons (Fsp3) is 0.250. The minimum atomic E-state index is -0.949. The van der Waals surface area contributed by atoms with E-state index >= 15 is 0 Å².